The number of rotatable bonds is 8. The van der Waals surface area contributed by atoms with Gasteiger partial charge in [0.1, 0.15) is 0 Å². The summed E-state index contributed by atoms with van der Waals surface area (Å²) in [6.45, 7) is 2.69. The number of halogens is 4. The van der Waals surface area contributed by atoms with Crippen LogP contribution in [0.15, 0.2) is 94.9 Å². The van der Waals surface area contributed by atoms with Crippen molar-refractivity contribution >= 4 is 43.0 Å². The average molecular weight is 648 g/mol. The number of sulfonamides is 1. The van der Waals surface area contributed by atoms with Gasteiger partial charge in [-0.2, -0.15) is 17.9 Å². The van der Waals surface area contributed by atoms with Crippen LogP contribution >= 0.6 is 22.9 Å². The maximum atomic E-state index is 13.6. The molecular weight excluding hydrogens is 623 g/mol. The number of aliphatic hydroxyl groups is 1. The molecule has 0 saturated heterocycles. The van der Waals surface area contributed by atoms with Crippen molar-refractivity contribution in [2.24, 2.45) is 0 Å². The Hall–Kier alpha value is -3.55. The van der Waals surface area contributed by atoms with Gasteiger partial charge in [0.15, 0.2) is 5.60 Å². The van der Waals surface area contributed by atoms with Gasteiger partial charge in [-0.15, -0.1) is 11.3 Å². The summed E-state index contributed by atoms with van der Waals surface area (Å²) >= 11 is 7.76. The summed E-state index contributed by atoms with van der Waals surface area (Å²) in [5.41, 5.74) is -2.61. The molecule has 7 nitrogen and oxygen atoms in total. The van der Waals surface area contributed by atoms with Gasteiger partial charge in [-0.3, -0.25) is 9.78 Å². The molecule has 0 bridgehead atoms. The Morgan fingerprint density at radius 3 is 2.51 bits per heavy atom. The number of pyridine rings is 2. The predicted molar refractivity (Wildman–Crippen MR) is 161 cm³/mol. The Bertz CT molecular complexity index is 1990. The van der Waals surface area contributed by atoms with E-state index in [1.807, 2.05) is 0 Å². The van der Waals surface area contributed by atoms with Gasteiger partial charge in [0, 0.05) is 45.2 Å². The van der Waals surface area contributed by atoms with Crippen molar-refractivity contribution in [2.45, 2.75) is 43.1 Å². The van der Waals surface area contributed by atoms with E-state index in [0.717, 1.165) is 6.07 Å². The summed E-state index contributed by atoms with van der Waals surface area (Å²) in [5.74, 6) is 0. The molecule has 0 amide bonds. The van der Waals surface area contributed by atoms with Crippen LogP contribution in [0, 0.1) is 0 Å². The predicted octanol–water partition coefficient (Wildman–Crippen LogP) is 6.64. The van der Waals surface area contributed by atoms with E-state index >= 15 is 0 Å². The fourth-order valence-electron chi connectivity index (χ4n) is 4.59. The second-order valence-corrected chi connectivity index (χ2v) is 13.1. The Morgan fingerprint density at radius 2 is 1.81 bits per heavy atom. The summed E-state index contributed by atoms with van der Waals surface area (Å²) in [7, 11) is -4.17. The zero-order valence-electron chi connectivity index (χ0n) is 22.8. The fourth-order valence-corrected chi connectivity index (χ4v) is 7.38. The van der Waals surface area contributed by atoms with E-state index in [0.29, 0.717) is 38.0 Å². The van der Waals surface area contributed by atoms with E-state index in [1.54, 1.807) is 55.5 Å². The van der Waals surface area contributed by atoms with E-state index in [2.05, 4.69) is 9.71 Å². The molecule has 5 aromatic rings. The molecule has 224 valence electrons. The Kier molecular flexibility index (Phi) is 8.27. The molecule has 0 spiro atoms. The van der Waals surface area contributed by atoms with Crippen LogP contribution in [0.4, 0.5) is 13.2 Å². The lowest BCUT2D eigenvalue weighted by Crippen LogP contribution is -2.39. The van der Waals surface area contributed by atoms with Gasteiger partial charge < -0.3 is 9.67 Å². The number of hydrogen-bond donors (Lipinski definition) is 2. The minimum absolute atomic E-state index is 0.106. The van der Waals surface area contributed by atoms with E-state index in [4.69, 9.17) is 11.6 Å². The van der Waals surface area contributed by atoms with Crippen molar-refractivity contribution in [3.8, 4) is 11.3 Å². The molecule has 0 fully saturated rings. The minimum Gasteiger partial charge on any atom is -0.376 e. The van der Waals surface area contributed by atoms with Gasteiger partial charge in [-0.1, -0.05) is 48.0 Å². The number of fused-ring (bicyclic) bond motifs is 1. The number of aromatic nitrogens is 2. The smallest absolute Gasteiger partial charge is 0.376 e. The zero-order valence-corrected chi connectivity index (χ0v) is 25.2. The van der Waals surface area contributed by atoms with Crippen LogP contribution in [0.1, 0.15) is 35.9 Å². The SMILES string of the molecule is CCn1cc(S(=O)(=O)NC(c2cc3cccc(-c4cc([C@](C)(O)C(F)(F)F)ccn4)c3s2)c2ccccc2Cl)ccc1=O. The van der Waals surface area contributed by atoms with E-state index in [9.17, 15) is 31.5 Å². The third-order valence-corrected chi connectivity index (χ3v) is 10.1. The molecule has 1 unspecified atom stereocenters. The van der Waals surface area contributed by atoms with E-state index in [-0.39, 0.29) is 28.3 Å². The van der Waals surface area contributed by atoms with E-state index < -0.39 is 27.8 Å². The minimum atomic E-state index is -4.91. The molecule has 2 aromatic carbocycles. The molecule has 3 heterocycles. The number of nitrogens with one attached hydrogen (secondary N) is 1. The monoisotopic (exact) mass is 647 g/mol. The molecular formula is C30H25ClF3N3O4S2. The molecule has 5 rings (SSSR count). The number of hydrogen-bond acceptors (Lipinski definition) is 6. The number of thiophene rings is 1. The molecule has 2 atom stereocenters. The van der Waals surface area contributed by atoms with Gasteiger partial charge in [0.2, 0.25) is 10.0 Å². The molecule has 0 radical (unpaired) electrons. The Morgan fingerprint density at radius 1 is 1.07 bits per heavy atom. The van der Waals surface area contributed by atoms with Gasteiger partial charge >= 0.3 is 6.18 Å². The third-order valence-electron chi connectivity index (χ3n) is 7.09. The maximum absolute atomic E-state index is 13.6. The Labute approximate surface area is 254 Å². The van der Waals surface area contributed by atoms with Gasteiger partial charge in [0.25, 0.3) is 5.56 Å². The second-order valence-electron chi connectivity index (χ2n) is 9.94. The molecule has 0 aliphatic rings. The fraction of sp³-hybridized carbons (Fsp3) is 0.200. The van der Waals surface area contributed by atoms with Crippen molar-refractivity contribution < 1.29 is 26.7 Å². The maximum Gasteiger partial charge on any atom is 0.421 e. The summed E-state index contributed by atoms with van der Waals surface area (Å²) in [6.07, 6.45) is -2.43. The molecule has 0 saturated carbocycles. The van der Waals surface area contributed by atoms with E-state index in [1.165, 1.54) is 46.5 Å². The molecule has 13 heteroatoms. The summed E-state index contributed by atoms with van der Waals surface area (Å²) in [5, 5.41) is 11.3. The van der Waals surface area contributed by atoms with Crippen LogP contribution in [0.3, 0.4) is 0 Å². The van der Waals surface area contributed by atoms with Crippen LogP contribution in [0.2, 0.25) is 5.02 Å². The highest BCUT2D eigenvalue weighted by Gasteiger charge is 2.51. The first-order valence-corrected chi connectivity index (χ1v) is 15.7. The average Bonchev–Trinajstić information content (AvgIpc) is 3.40. The van der Waals surface area contributed by atoms with Gasteiger partial charge in [-0.25, -0.2) is 8.42 Å². The first-order valence-electron chi connectivity index (χ1n) is 13.0. The van der Waals surface area contributed by atoms with Crippen molar-refractivity contribution in [1.82, 2.24) is 14.3 Å². The summed E-state index contributed by atoms with van der Waals surface area (Å²) in [4.78, 5) is 16.8. The first kappa shape index (κ1) is 30.9. The van der Waals surface area contributed by atoms with Crippen molar-refractivity contribution in [3.05, 3.63) is 117 Å². The molecule has 2 N–H and O–H groups in total. The van der Waals surface area contributed by atoms with Crippen LogP contribution in [0.5, 0.6) is 0 Å². The highest BCUT2D eigenvalue weighted by Crippen LogP contribution is 2.42. The number of alkyl halides is 3. The first-order chi connectivity index (χ1) is 20.2. The second kappa shape index (κ2) is 11.5. The number of benzene rings is 2. The van der Waals surface area contributed by atoms with Crippen LogP contribution in [-0.4, -0.2) is 29.3 Å². The van der Waals surface area contributed by atoms with Crippen molar-refractivity contribution in [1.29, 1.82) is 0 Å². The standard InChI is InChI=1S/C30H25ClF3N3O4S2/c1-3-37-17-20(11-12-26(37)38)43(40,41)36-27(21-8-4-5-10-23(21)31)25-15-18-7-6-9-22(28(18)42-25)24-16-19(13-14-35-24)29(2,39)30(32,33)34/h4-17,27,36,39H,3H2,1-2H3/t27?,29-/m0/s1. The lowest BCUT2D eigenvalue weighted by Gasteiger charge is -2.26. The van der Waals surface area contributed by atoms with Crippen LogP contribution in [-0.2, 0) is 22.2 Å². The van der Waals surface area contributed by atoms with Crippen LogP contribution < -0.4 is 10.3 Å². The lowest BCUT2D eigenvalue weighted by molar-refractivity contribution is -0.258. The molecule has 0 aliphatic carbocycles. The third kappa shape index (κ3) is 5.98. The largest absolute Gasteiger partial charge is 0.421 e. The van der Waals surface area contributed by atoms with Gasteiger partial charge in [0.05, 0.1) is 16.6 Å². The normalized spacial score (nSPS) is 14.5. The van der Waals surface area contributed by atoms with Crippen molar-refractivity contribution in [3.63, 3.8) is 0 Å². The molecule has 0 aliphatic heterocycles. The van der Waals surface area contributed by atoms with Crippen molar-refractivity contribution in [2.75, 3.05) is 0 Å². The van der Waals surface area contributed by atoms with Crippen LogP contribution in [0.25, 0.3) is 21.3 Å². The number of nitrogens with zero attached hydrogens (tertiary/aromatic N) is 2. The molecule has 3 aromatic heterocycles. The topological polar surface area (TPSA) is 101 Å². The highest BCUT2D eigenvalue weighted by atomic mass is 35.5. The lowest BCUT2D eigenvalue weighted by atomic mass is 9.94. The number of aryl methyl sites for hydroxylation is 1. The highest BCUT2D eigenvalue weighted by molar-refractivity contribution is 7.89. The zero-order chi connectivity index (χ0) is 31.2. The quantitative estimate of drug-likeness (QED) is 0.197. The van der Waals surface area contributed by atoms with Gasteiger partial charge in [-0.05, 0) is 60.7 Å². The Balaban J connectivity index is 1.63. The summed E-state index contributed by atoms with van der Waals surface area (Å²) in [6, 6.07) is 17.5. The summed E-state index contributed by atoms with van der Waals surface area (Å²) < 4.78 is 72.5. The molecule has 43 heavy (non-hydrogen) atoms.